The Morgan fingerprint density at radius 2 is 1.87 bits per heavy atom. The summed E-state index contributed by atoms with van der Waals surface area (Å²) in [5, 5.41) is 3.81. The molecule has 0 bridgehead atoms. The molecule has 1 aromatic rings. The molecule has 0 heterocycles. The van der Waals surface area contributed by atoms with Crippen LogP contribution < -0.4 is 0 Å². The van der Waals surface area contributed by atoms with Crippen LogP contribution in [-0.4, -0.2) is 12.8 Å². The van der Waals surface area contributed by atoms with Crippen LogP contribution in [0.5, 0.6) is 0 Å². The molecule has 0 aromatic heterocycles. The molecular weight excluding hydrogens is 192 g/mol. The van der Waals surface area contributed by atoms with Crippen molar-refractivity contribution >= 4 is 6.21 Å². The van der Waals surface area contributed by atoms with Gasteiger partial charge in [-0.1, -0.05) is 38.1 Å². The molecule has 0 aliphatic carbocycles. The SMILES string of the molecule is CC(C)(C)CO/N=C/c1ccc([18F])cc1. The van der Waals surface area contributed by atoms with Gasteiger partial charge in [0.05, 0.1) is 6.21 Å². The zero-order chi connectivity index (χ0) is 11.3. The fraction of sp³-hybridized carbons (Fsp3) is 0.417. The Morgan fingerprint density at radius 3 is 2.40 bits per heavy atom. The molecule has 3 heteroatoms. The Balaban J connectivity index is 2.42. The third-order valence-corrected chi connectivity index (χ3v) is 1.64. The first kappa shape index (κ1) is 11.7. The van der Waals surface area contributed by atoms with E-state index in [2.05, 4.69) is 25.9 Å². The van der Waals surface area contributed by atoms with Gasteiger partial charge in [-0.25, -0.2) is 4.39 Å². The Kier molecular flexibility index (Phi) is 3.83. The lowest BCUT2D eigenvalue weighted by atomic mass is 9.99. The second kappa shape index (κ2) is 4.91. The van der Waals surface area contributed by atoms with Gasteiger partial charge in [-0.15, -0.1) is 0 Å². The predicted octanol–water partition coefficient (Wildman–Crippen LogP) is 3.22. The van der Waals surface area contributed by atoms with Gasteiger partial charge >= 0.3 is 0 Å². The summed E-state index contributed by atoms with van der Waals surface area (Å²) in [5.41, 5.74) is 0.922. The highest BCUT2D eigenvalue weighted by atomic mass is 18.2. The molecule has 0 saturated heterocycles. The van der Waals surface area contributed by atoms with Gasteiger partial charge in [0.25, 0.3) is 0 Å². The number of hydrogen-bond donors (Lipinski definition) is 0. The second-order valence-corrected chi connectivity index (χ2v) is 4.62. The van der Waals surface area contributed by atoms with Crippen molar-refractivity contribution in [1.29, 1.82) is 0 Å². The van der Waals surface area contributed by atoms with Crippen molar-refractivity contribution in [3.63, 3.8) is 0 Å². The van der Waals surface area contributed by atoms with Crippen LogP contribution in [0, 0.1) is 11.2 Å². The minimum absolute atomic E-state index is 0.0974. The Labute approximate surface area is 89.7 Å². The molecule has 15 heavy (non-hydrogen) atoms. The number of halogens is 1. The van der Waals surface area contributed by atoms with Gasteiger partial charge in [0.15, 0.2) is 0 Å². The van der Waals surface area contributed by atoms with E-state index in [0.29, 0.717) is 6.61 Å². The van der Waals surface area contributed by atoms with Crippen LogP contribution in [-0.2, 0) is 4.84 Å². The molecule has 0 unspecified atom stereocenters. The van der Waals surface area contributed by atoms with E-state index >= 15 is 0 Å². The highest BCUT2D eigenvalue weighted by Crippen LogP contribution is 2.12. The normalized spacial score (nSPS) is 12.0. The third-order valence-electron chi connectivity index (χ3n) is 1.64. The summed E-state index contributed by atoms with van der Waals surface area (Å²) in [6.07, 6.45) is 1.57. The lowest BCUT2D eigenvalue weighted by Gasteiger charge is -2.14. The van der Waals surface area contributed by atoms with Crippen molar-refractivity contribution in [3.8, 4) is 0 Å². The van der Waals surface area contributed by atoms with Crippen LogP contribution in [0.4, 0.5) is 4.39 Å². The third kappa shape index (κ3) is 5.15. The van der Waals surface area contributed by atoms with E-state index in [9.17, 15) is 4.39 Å². The first-order chi connectivity index (χ1) is 6.97. The zero-order valence-corrected chi connectivity index (χ0v) is 9.33. The molecule has 1 aromatic carbocycles. The minimum Gasteiger partial charge on any atom is -0.395 e. The van der Waals surface area contributed by atoms with Gasteiger partial charge < -0.3 is 4.84 Å². The smallest absolute Gasteiger partial charge is 0.123 e. The molecule has 0 fully saturated rings. The topological polar surface area (TPSA) is 21.6 Å². The molecule has 0 spiro atoms. The summed E-state index contributed by atoms with van der Waals surface area (Å²) in [6, 6.07) is 6.09. The lowest BCUT2D eigenvalue weighted by Crippen LogP contribution is -2.12. The molecule has 0 aliphatic heterocycles. The average Bonchev–Trinajstić information content (AvgIpc) is 2.14. The van der Waals surface area contributed by atoms with Crippen LogP contribution >= 0.6 is 0 Å². The maximum atomic E-state index is 12.6. The van der Waals surface area contributed by atoms with Gasteiger partial charge in [-0.05, 0) is 23.1 Å². The standard InChI is InChI=1S/C12H16FNO/c1-12(2,3)9-15-14-8-10-4-6-11(13)7-5-10/h4-8H,9H2,1-3H3/b14-8+/i13-1. The zero-order valence-electron chi connectivity index (χ0n) is 9.33. The van der Waals surface area contributed by atoms with E-state index in [1.54, 1.807) is 18.3 Å². The summed E-state index contributed by atoms with van der Waals surface area (Å²) < 4.78 is 12.6. The monoisotopic (exact) mass is 208 g/mol. The number of rotatable bonds is 3. The van der Waals surface area contributed by atoms with E-state index < -0.39 is 0 Å². The molecule has 0 atom stereocenters. The second-order valence-electron chi connectivity index (χ2n) is 4.62. The van der Waals surface area contributed by atoms with Crippen molar-refractivity contribution in [1.82, 2.24) is 0 Å². The Bertz CT molecular complexity index is 324. The summed E-state index contributed by atoms with van der Waals surface area (Å²) in [5.74, 6) is -0.247. The first-order valence-electron chi connectivity index (χ1n) is 4.88. The van der Waals surface area contributed by atoms with Gasteiger partial charge in [0.1, 0.15) is 12.4 Å². The first-order valence-corrected chi connectivity index (χ1v) is 4.88. The minimum atomic E-state index is -0.247. The van der Waals surface area contributed by atoms with Crippen molar-refractivity contribution < 1.29 is 9.23 Å². The fourth-order valence-electron chi connectivity index (χ4n) is 0.878. The van der Waals surface area contributed by atoms with Crippen LogP contribution in [0.2, 0.25) is 0 Å². The van der Waals surface area contributed by atoms with Crippen LogP contribution in [0.15, 0.2) is 29.4 Å². The van der Waals surface area contributed by atoms with Crippen LogP contribution in [0.3, 0.4) is 0 Å². The molecule has 1 rings (SSSR count). The molecule has 0 amide bonds. The van der Waals surface area contributed by atoms with E-state index in [1.165, 1.54) is 12.1 Å². The number of oxime groups is 1. The highest BCUT2D eigenvalue weighted by molar-refractivity contribution is 5.78. The quantitative estimate of drug-likeness (QED) is 0.552. The largest absolute Gasteiger partial charge is 0.395 e. The van der Waals surface area contributed by atoms with Crippen molar-refractivity contribution in [2.75, 3.05) is 6.61 Å². The molecule has 0 saturated carbocycles. The van der Waals surface area contributed by atoms with Crippen LogP contribution in [0.25, 0.3) is 0 Å². The summed E-state index contributed by atoms with van der Waals surface area (Å²) in [6.45, 7) is 6.77. The van der Waals surface area contributed by atoms with Gasteiger partial charge in [0.2, 0.25) is 0 Å². The number of nitrogens with zero attached hydrogens (tertiary/aromatic N) is 1. The van der Waals surface area contributed by atoms with Crippen LogP contribution in [0.1, 0.15) is 26.3 Å². The fourth-order valence-corrected chi connectivity index (χ4v) is 0.878. The van der Waals surface area contributed by atoms with Gasteiger partial charge in [-0.3, -0.25) is 0 Å². The van der Waals surface area contributed by atoms with E-state index in [1.807, 2.05) is 0 Å². The summed E-state index contributed by atoms with van der Waals surface area (Å²) in [4.78, 5) is 5.11. The Hall–Kier alpha value is -1.38. The van der Waals surface area contributed by atoms with E-state index in [4.69, 9.17) is 4.84 Å². The molecule has 0 aliphatic rings. The molecular formula is C12H16FNO. The van der Waals surface area contributed by atoms with Crippen molar-refractivity contribution in [3.05, 3.63) is 35.6 Å². The summed E-state index contributed by atoms with van der Waals surface area (Å²) >= 11 is 0. The highest BCUT2D eigenvalue weighted by Gasteiger charge is 2.09. The van der Waals surface area contributed by atoms with Crippen molar-refractivity contribution in [2.24, 2.45) is 10.6 Å². The molecule has 0 radical (unpaired) electrons. The summed E-state index contributed by atoms with van der Waals surface area (Å²) in [7, 11) is 0. The predicted molar refractivity (Wildman–Crippen MR) is 59.4 cm³/mol. The molecule has 0 N–H and O–H groups in total. The number of hydrogen-bond acceptors (Lipinski definition) is 2. The Morgan fingerprint density at radius 1 is 1.27 bits per heavy atom. The molecule has 2 nitrogen and oxygen atoms in total. The van der Waals surface area contributed by atoms with Gasteiger partial charge in [-0.2, -0.15) is 0 Å². The maximum absolute atomic E-state index is 12.6. The average molecular weight is 208 g/mol. The van der Waals surface area contributed by atoms with E-state index in [0.717, 1.165) is 5.56 Å². The maximum Gasteiger partial charge on any atom is 0.123 e. The molecule has 82 valence electrons. The van der Waals surface area contributed by atoms with Crippen molar-refractivity contribution in [2.45, 2.75) is 20.8 Å². The van der Waals surface area contributed by atoms with Gasteiger partial charge in [0, 0.05) is 0 Å². The van der Waals surface area contributed by atoms with E-state index in [-0.39, 0.29) is 11.2 Å². The number of benzene rings is 1. The lowest BCUT2D eigenvalue weighted by molar-refractivity contribution is 0.0783.